The summed E-state index contributed by atoms with van der Waals surface area (Å²) in [4.78, 5) is 11.4. The molecule has 0 aliphatic heterocycles. The third-order valence-corrected chi connectivity index (χ3v) is 2.05. The Morgan fingerprint density at radius 3 is 2.73 bits per heavy atom. The summed E-state index contributed by atoms with van der Waals surface area (Å²) in [5.41, 5.74) is 0.985. The number of ether oxygens (including phenoxy) is 1. The molecule has 0 aliphatic rings. The summed E-state index contributed by atoms with van der Waals surface area (Å²) in [7, 11) is 0. The van der Waals surface area contributed by atoms with E-state index in [1.54, 1.807) is 6.92 Å². The van der Waals surface area contributed by atoms with E-state index in [1.807, 2.05) is 30.3 Å². The average molecular weight is 202 g/mol. The molecule has 1 rings (SSSR count). The highest BCUT2D eigenvalue weighted by atomic mass is 16.5. The zero-order valence-electron chi connectivity index (χ0n) is 8.77. The molecule has 0 saturated heterocycles. The molecule has 0 N–H and O–H groups in total. The molecule has 0 aliphatic carbocycles. The highest BCUT2D eigenvalue weighted by Crippen LogP contribution is 2.06. The number of esters is 1. The van der Waals surface area contributed by atoms with Crippen LogP contribution in [0.4, 0.5) is 0 Å². The van der Waals surface area contributed by atoms with Crippen molar-refractivity contribution in [1.29, 1.82) is 0 Å². The molecule has 0 aromatic heterocycles. The normalized spacial score (nSPS) is 11.5. The van der Waals surface area contributed by atoms with E-state index in [1.165, 1.54) is 0 Å². The fourth-order valence-electron chi connectivity index (χ4n) is 1.13. The van der Waals surface area contributed by atoms with Crippen LogP contribution in [-0.2, 0) is 16.1 Å². The molecule has 0 spiro atoms. The van der Waals surface area contributed by atoms with Crippen molar-refractivity contribution < 1.29 is 9.53 Å². The van der Waals surface area contributed by atoms with Gasteiger partial charge in [0.05, 0.1) is 5.92 Å². The first-order valence-corrected chi connectivity index (χ1v) is 4.88. The zero-order valence-corrected chi connectivity index (χ0v) is 8.77. The van der Waals surface area contributed by atoms with Gasteiger partial charge in [-0.3, -0.25) is 4.79 Å². The van der Waals surface area contributed by atoms with E-state index in [-0.39, 0.29) is 11.9 Å². The minimum Gasteiger partial charge on any atom is -0.461 e. The van der Waals surface area contributed by atoms with Crippen LogP contribution < -0.4 is 0 Å². The van der Waals surface area contributed by atoms with Gasteiger partial charge in [-0.25, -0.2) is 0 Å². The monoisotopic (exact) mass is 202 g/mol. The van der Waals surface area contributed by atoms with Crippen LogP contribution in [0.1, 0.15) is 18.9 Å². The number of carbonyl (C=O) groups excluding carboxylic acids is 1. The van der Waals surface area contributed by atoms with Crippen LogP contribution in [0.15, 0.2) is 30.3 Å². The minimum atomic E-state index is -0.239. The molecule has 0 fully saturated rings. The smallest absolute Gasteiger partial charge is 0.309 e. The first-order valence-electron chi connectivity index (χ1n) is 4.88. The van der Waals surface area contributed by atoms with E-state index in [0.717, 1.165) is 5.56 Å². The summed E-state index contributed by atoms with van der Waals surface area (Å²) < 4.78 is 5.11. The zero-order chi connectivity index (χ0) is 11.1. The number of hydrogen-bond acceptors (Lipinski definition) is 2. The predicted octanol–water partition coefficient (Wildman–Crippen LogP) is 2.39. The first kappa shape index (κ1) is 11.3. The van der Waals surface area contributed by atoms with Gasteiger partial charge in [0.25, 0.3) is 0 Å². The summed E-state index contributed by atoms with van der Waals surface area (Å²) >= 11 is 0. The van der Waals surface area contributed by atoms with Crippen LogP contribution in [-0.4, -0.2) is 5.97 Å². The summed E-state index contributed by atoms with van der Waals surface area (Å²) in [6.45, 7) is 2.09. The van der Waals surface area contributed by atoms with Crippen molar-refractivity contribution in [3.63, 3.8) is 0 Å². The SMILES string of the molecule is C#CC[C@H](C)C(=O)OCc1ccccc1. The van der Waals surface area contributed by atoms with Crippen molar-refractivity contribution in [2.75, 3.05) is 0 Å². The second-order valence-corrected chi connectivity index (χ2v) is 3.40. The van der Waals surface area contributed by atoms with E-state index in [9.17, 15) is 4.79 Å². The van der Waals surface area contributed by atoms with Crippen molar-refractivity contribution >= 4 is 5.97 Å². The average Bonchev–Trinajstić information content (AvgIpc) is 2.27. The highest BCUT2D eigenvalue weighted by molar-refractivity contribution is 5.72. The molecule has 0 radical (unpaired) electrons. The molecule has 2 nitrogen and oxygen atoms in total. The molecule has 1 atom stereocenters. The van der Waals surface area contributed by atoms with Gasteiger partial charge in [0.2, 0.25) is 0 Å². The maximum atomic E-state index is 11.4. The number of carbonyl (C=O) groups is 1. The van der Waals surface area contributed by atoms with Crippen LogP contribution in [0, 0.1) is 18.3 Å². The van der Waals surface area contributed by atoms with Gasteiger partial charge in [0, 0.05) is 6.42 Å². The highest BCUT2D eigenvalue weighted by Gasteiger charge is 2.12. The van der Waals surface area contributed by atoms with Gasteiger partial charge in [-0.1, -0.05) is 37.3 Å². The molecule has 0 amide bonds. The molecule has 1 aromatic rings. The Labute approximate surface area is 90.3 Å². The van der Waals surface area contributed by atoms with E-state index in [4.69, 9.17) is 11.2 Å². The van der Waals surface area contributed by atoms with Crippen molar-refractivity contribution in [2.24, 2.45) is 5.92 Å². The van der Waals surface area contributed by atoms with E-state index in [2.05, 4.69) is 5.92 Å². The second-order valence-electron chi connectivity index (χ2n) is 3.40. The lowest BCUT2D eigenvalue weighted by atomic mass is 10.1. The number of benzene rings is 1. The van der Waals surface area contributed by atoms with Gasteiger partial charge in [0.1, 0.15) is 6.61 Å². The van der Waals surface area contributed by atoms with Gasteiger partial charge in [0.15, 0.2) is 0 Å². The Hall–Kier alpha value is -1.75. The van der Waals surface area contributed by atoms with E-state index >= 15 is 0 Å². The van der Waals surface area contributed by atoms with Gasteiger partial charge in [-0.2, -0.15) is 0 Å². The molecule has 0 saturated carbocycles. The molecule has 1 aromatic carbocycles. The Bertz CT molecular complexity index is 349. The van der Waals surface area contributed by atoms with E-state index in [0.29, 0.717) is 13.0 Å². The van der Waals surface area contributed by atoms with Gasteiger partial charge >= 0.3 is 5.97 Å². The van der Waals surface area contributed by atoms with Crippen molar-refractivity contribution in [3.05, 3.63) is 35.9 Å². The summed E-state index contributed by atoms with van der Waals surface area (Å²) in [6, 6.07) is 9.58. The topological polar surface area (TPSA) is 26.3 Å². The van der Waals surface area contributed by atoms with Crippen molar-refractivity contribution in [1.82, 2.24) is 0 Å². The Morgan fingerprint density at radius 2 is 2.13 bits per heavy atom. The lowest BCUT2D eigenvalue weighted by Crippen LogP contribution is -2.14. The third kappa shape index (κ3) is 3.86. The third-order valence-electron chi connectivity index (χ3n) is 2.05. The summed E-state index contributed by atoms with van der Waals surface area (Å²) in [6.07, 6.45) is 5.54. The standard InChI is InChI=1S/C13H14O2/c1-3-7-11(2)13(14)15-10-12-8-5-4-6-9-12/h1,4-6,8-9,11H,7,10H2,2H3/t11-/m0/s1. The molecular formula is C13H14O2. The molecular weight excluding hydrogens is 188 g/mol. The molecule has 0 unspecified atom stereocenters. The molecule has 0 bridgehead atoms. The van der Waals surface area contributed by atoms with Gasteiger partial charge in [-0.05, 0) is 5.56 Å². The van der Waals surface area contributed by atoms with Crippen LogP contribution in [0.2, 0.25) is 0 Å². The van der Waals surface area contributed by atoms with Crippen LogP contribution in [0.5, 0.6) is 0 Å². The van der Waals surface area contributed by atoms with Crippen LogP contribution in [0.3, 0.4) is 0 Å². The van der Waals surface area contributed by atoms with Crippen LogP contribution in [0.25, 0.3) is 0 Å². The quantitative estimate of drug-likeness (QED) is 0.553. The Kier molecular flexibility index (Phi) is 4.43. The van der Waals surface area contributed by atoms with Crippen molar-refractivity contribution in [2.45, 2.75) is 20.0 Å². The largest absolute Gasteiger partial charge is 0.461 e. The van der Waals surface area contributed by atoms with Gasteiger partial charge < -0.3 is 4.74 Å². The maximum Gasteiger partial charge on any atom is 0.309 e. The maximum absolute atomic E-state index is 11.4. The number of hydrogen-bond donors (Lipinski definition) is 0. The first-order chi connectivity index (χ1) is 7.24. The number of terminal acetylenes is 1. The van der Waals surface area contributed by atoms with Gasteiger partial charge in [-0.15, -0.1) is 12.3 Å². The predicted molar refractivity (Wildman–Crippen MR) is 58.9 cm³/mol. The minimum absolute atomic E-state index is 0.223. The lowest BCUT2D eigenvalue weighted by molar-refractivity contribution is -0.149. The second kappa shape index (κ2) is 5.87. The molecule has 15 heavy (non-hydrogen) atoms. The lowest BCUT2D eigenvalue weighted by Gasteiger charge is -2.08. The Morgan fingerprint density at radius 1 is 1.47 bits per heavy atom. The molecule has 2 heteroatoms. The molecule has 0 heterocycles. The summed E-state index contributed by atoms with van der Waals surface area (Å²) in [5.74, 6) is 1.98. The number of rotatable bonds is 4. The summed E-state index contributed by atoms with van der Waals surface area (Å²) in [5, 5.41) is 0. The fourth-order valence-corrected chi connectivity index (χ4v) is 1.13. The Balaban J connectivity index is 2.38. The fraction of sp³-hybridized carbons (Fsp3) is 0.308. The van der Waals surface area contributed by atoms with E-state index < -0.39 is 0 Å². The molecule has 78 valence electrons. The van der Waals surface area contributed by atoms with Crippen LogP contribution >= 0.6 is 0 Å². The van der Waals surface area contributed by atoms with Crippen molar-refractivity contribution in [3.8, 4) is 12.3 Å².